The predicted octanol–water partition coefficient (Wildman–Crippen LogP) is 1.91. The Labute approximate surface area is 108 Å². The van der Waals surface area contributed by atoms with Gasteiger partial charge in [0.1, 0.15) is 0 Å². The molecular formula is C12H14F3N3O. The van der Waals surface area contributed by atoms with Gasteiger partial charge in [0.2, 0.25) is 0 Å². The van der Waals surface area contributed by atoms with E-state index in [0.717, 1.165) is 12.1 Å². The van der Waals surface area contributed by atoms with Gasteiger partial charge in [-0.25, -0.2) is 4.79 Å². The van der Waals surface area contributed by atoms with E-state index in [2.05, 4.69) is 0 Å². The Morgan fingerprint density at radius 1 is 1.16 bits per heavy atom. The van der Waals surface area contributed by atoms with Crippen LogP contribution < -0.4 is 10.6 Å². The van der Waals surface area contributed by atoms with E-state index in [4.69, 9.17) is 5.73 Å². The number of halogens is 3. The van der Waals surface area contributed by atoms with Crippen LogP contribution in [-0.4, -0.2) is 37.1 Å². The van der Waals surface area contributed by atoms with Crippen LogP contribution in [0.3, 0.4) is 0 Å². The SMILES string of the molecule is NC(=O)N1CCN(c2cccc(C(F)(F)F)c2)CC1. The maximum Gasteiger partial charge on any atom is 0.416 e. The van der Waals surface area contributed by atoms with Crippen molar-refractivity contribution in [3.63, 3.8) is 0 Å². The van der Waals surface area contributed by atoms with Crippen molar-refractivity contribution in [2.45, 2.75) is 6.18 Å². The molecule has 0 atom stereocenters. The van der Waals surface area contributed by atoms with Crippen molar-refractivity contribution < 1.29 is 18.0 Å². The van der Waals surface area contributed by atoms with Gasteiger partial charge < -0.3 is 15.5 Å². The van der Waals surface area contributed by atoms with Gasteiger partial charge in [0, 0.05) is 31.9 Å². The molecule has 1 aromatic carbocycles. The van der Waals surface area contributed by atoms with Crippen LogP contribution in [0.5, 0.6) is 0 Å². The summed E-state index contributed by atoms with van der Waals surface area (Å²) in [6, 6.07) is 4.69. The third-order valence-electron chi connectivity index (χ3n) is 3.13. The zero-order valence-electron chi connectivity index (χ0n) is 10.2. The lowest BCUT2D eigenvalue weighted by Crippen LogP contribution is -2.50. The number of nitrogens with zero attached hydrogens (tertiary/aromatic N) is 2. The fraction of sp³-hybridized carbons (Fsp3) is 0.417. The highest BCUT2D eigenvalue weighted by molar-refractivity contribution is 5.72. The number of urea groups is 1. The van der Waals surface area contributed by atoms with Crippen LogP contribution in [0.4, 0.5) is 23.7 Å². The maximum atomic E-state index is 12.6. The third-order valence-corrected chi connectivity index (χ3v) is 3.13. The molecule has 2 rings (SSSR count). The molecule has 0 aliphatic carbocycles. The first kappa shape index (κ1) is 13.5. The van der Waals surface area contributed by atoms with Crippen LogP contribution in [0.1, 0.15) is 5.56 Å². The molecule has 7 heteroatoms. The van der Waals surface area contributed by atoms with Crippen molar-refractivity contribution >= 4 is 11.7 Å². The lowest BCUT2D eigenvalue weighted by molar-refractivity contribution is -0.137. The van der Waals surface area contributed by atoms with Crippen molar-refractivity contribution in [3.8, 4) is 0 Å². The van der Waals surface area contributed by atoms with Gasteiger partial charge in [-0.15, -0.1) is 0 Å². The van der Waals surface area contributed by atoms with E-state index in [-0.39, 0.29) is 0 Å². The molecule has 104 valence electrons. The number of carbonyl (C=O) groups excluding carboxylic acids is 1. The summed E-state index contributed by atoms with van der Waals surface area (Å²) in [5.41, 5.74) is 5.00. The lowest BCUT2D eigenvalue weighted by Gasteiger charge is -2.35. The molecule has 1 heterocycles. The quantitative estimate of drug-likeness (QED) is 0.849. The minimum absolute atomic E-state index is 0.422. The Morgan fingerprint density at radius 3 is 2.32 bits per heavy atom. The summed E-state index contributed by atoms with van der Waals surface area (Å²) in [5.74, 6) is 0. The molecule has 2 amide bonds. The second-order valence-electron chi connectivity index (χ2n) is 4.36. The summed E-state index contributed by atoms with van der Waals surface area (Å²) in [6.07, 6.45) is -4.34. The highest BCUT2D eigenvalue weighted by Crippen LogP contribution is 2.31. The molecule has 0 unspecified atom stereocenters. The molecule has 0 aromatic heterocycles. The van der Waals surface area contributed by atoms with E-state index in [1.54, 1.807) is 6.07 Å². The number of amides is 2. The van der Waals surface area contributed by atoms with Crippen molar-refractivity contribution in [1.29, 1.82) is 0 Å². The molecule has 19 heavy (non-hydrogen) atoms. The molecule has 1 aromatic rings. The predicted molar refractivity (Wildman–Crippen MR) is 64.8 cm³/mol. The number of benzene rings is 1. The van der Waals surface area contributed by atoms with Gasteiger partial charge in [0.05, 0.1) is 5.56 Å². The topological polar surface area (TPSA) is 49.6 Å². The van der Waals surface area contributed by atoms with Gasteiger partial charge >= 0.3 is 12.2 Å². The van der Waals surface area contributed by atoms with E-state index in [1.165, 1.54) is 11.0 Å². The molecule has 2 N–H and O–H groups in total. The van der Waals surface area contributed by atoms with Gasteiger partial charge in [-0.3, -0.25) is 0 Å². The first-order valence-electron chi connectivity index (χ1n) is 5.84. The Morgan fingerprint density at radius 2 is 1.79 bits per heavy atom. The van der Waals surface area contributed by atoms with E-state index in [0.29, 0.717) is 31.9 Å². The van der Waals surface area contributed by atoms with E-state index in [1.807, 2.05) is 4.90 Å². The maximum absolute atomic E-state index is 12.6. The Hall–Kier alpha value is -1.92. The fourth-order valence-corrected chi connectivity index (χ4v) is 2.06. The average molecular weight is 273 g/mol. The van der Waals surface area contributed by atoms with Gasteiger partial charge in [-0.05, 0) is 18.2 Å². The van der Waals surface area contributed by atoms with Gasteiger partial charge in [0.25, 0.3) is 0 Å². The highest BCUT2D eigenvalue weighted by Gasteiger charge is 2.31. The summed E-state index contributed by atoms with van der Waals surface area (Å²) in [6.45, 7) is 1.80. The molecule has 1 fully saturated rings. The first-order valence-corrected chi connectivity index (χ1v) is 5.84. The Bertz CT molecular complexity index is 468. The van der Waals surface area contributed by atoms with Crippen LogP contribution in [0, 0.1) is 0 Å². The molecule has 0 spiro atoms. The van der Waals surface area contributed by atoms with Crippen molar-refractivity contribution in [2.24, 2.45) is 5.73 Å². The number of rotatable bonds is 1. The van der Waals surface area contributed by atoms with E-state index < -0.39 is 17.8 Å². The van der Waals surface area contributed by atoms with Crippen LogP contribution in [0.25, 0.3) is 0 Å². The zero-order chi connectivity index (χ0) is 14.0. The summed E-state index contributed by atoms with van der Waals surface area (Å²) >= 11 is 0. The average Bonchev–Trinajstić information content (AvgIpc) is 2.38. The van der Waals surface area contributed by atoms with Gasteiger partial charge in [-0.2, -0.15) is 13.2 Å². The number of anilines is 1. The summed E-state index contributed by atoms with van der Waals surface area (Å²) in [5, 5.41) is 0. The van der Waals surface area contributed by atoms with Gasteiger partial charge in [0.15, 0.2) is 0 Å². The van der Waals surface area contributed by atoms with Crippen LogP contribution >= 0.6 is 0 Å². The minimum Gasteiger partial charge on any atom is -0.368 e. The summed E-state index contributed by atoms with van der Waals surface area (Å²) in [7, 11) is 0. The largest absolute Gasteiger partial charge is 0.416 e. The number of hydrogen-bond donors (Lipinski definition) is 1. The van der Waals surface area contributed by atoms with E-state index >= 15 is 0 Å². The third kappa shape index (κ3) is 3.10. The standard InChI is InChI=1S/C12H14F3N3O/c13-12(14,15)9-2-1-3-10(8-9)17-4-6-18(7-5-17)11(16)19/h1-3,8H,4-7H2,(H2,16,19). The molecule has 0 radical (unpaired) electrons. The zero-order valence-corrected chi connectivity index (χ0v) is 10.2. The Balaban J connectivity index is 2.10. The van der Waals surface area contributed by atoms with Crippen LogP contribution in [0.2, 0.25) is 0 Å². The Kier molecular flexibility index (Phi) is 3.55. The van der Waals surface area contributed by atoms with Crippen LogP contribution in [-0.2, 0) is 6.18 Å². The number of alkyl halides is 3. The summed E-state index contributed by atoms with van der Waals surface area (Å²) in [4.78, 5) is 14.3. The minimum atomic E-state index is -4.34. The first-order chi connectivity index (χ1) is 8.88. The number of nitrogens with two attached hydrogens (primary N) is 1. The number of piperazine rings is 1. The number of carbonyl (C=O) groups is 1. The monoisotopic (exact) mass is 273 g/mol. The van der Waals surface area contributed by atoms with E-state index in [9.17, 15) is 18.0 Å². The molecular weight excluding hydrogens is 259 g/mol. The normalized spacial score (nSPS) is 16.6. The molecule has 1 saturated heterocycles. The number of primary amides is 1. The summed E-state index contributed by atoms with van der Waals surface area (Å²) < 4.78 is 37.8. The van der Waals surface area contributed by atoms with Crippen LogP contribution in [0.15, 0.2) is 24.3 Å². The van der Waals surface area contributed by atoms with Crippen molar-refractivity contribution in [1.82, 2.24) is 4.90 Å². The second kappa shape index (κ2) is 4.99. The smallest absolute Gasteiger partial charge is 0.368 e. The van der Waals surface area contributed by atoms with Gasteiger partial charge in [-0.1, -0.05) is 6.07 Å². The highest BCUT2D eigenvalue weighted by atomic mass is 19.4. The molecule has 1 aliphatic rings. The molecule has 0 bridgehead atoms. The number of hydrogen-bond acceptors (Lipinski definition) is 2. The second-order valence-corrected chi connectivity index (χ2v) is 4.36. The molecule has 0 saturated carbocycles. The van der Waals surface area contributed by atoms with Crippen molar-refractivity contribution in [3.05, 3.63) is 29.8 Å². The fourth-order valence-electron chi connectivity index (χ4n) is 2.06. The molecule has 4 nitrogen and oxygen atoms in total. The van der Waals surface area contributed by atoms with Crippen molar-refractivity contribution in [2.75, 3.05) is 31.1 Å². The molecule has 1 aliphatic heterocycles. The lowest BCUT2D eigenvalue weighted by atomic mass is 10.1.